The van der Waals surface area contributed by atoms with Crippen LogP contribution in [0.3, 0.4) is 0 Å². The van der Waals surface area contributed by atoms with Crippen LogP contribution in [0.25, 0.3) is 11.4 Å². The number of nitrogens with zero attached hydrogens (tertiary/aromatic N) is 3. The van der Waals surface area contributed by atoms with Gasteiger partial charge in [-0.05, 0) is 49.4 Å². The second-order valence-electron chi connectivity index (χ2n) is 5.97. The Balaban J connectivity index is 1.86. The Morgan fingerprint density at radius 1 is 1.21 bits per heavy atom. The summed E-state index contributed by atoms with van der Waals surface area (Å²) < 4.78 is 28.4. The van der Waals surface area contributed by atoms with E-state index in [-0.39, 0.29) is 11.3 Å². The predicted octanol–water partition coefficient (Wildman–Crippen LogP) is 5.43. The van der Waals surface area contributed by atoms with E-state index in [4.69, 9.17) is 11.6 Å². The maximum Gasteiger partial charge on any atom is 0.192 e. The molecule has 0 fully saturated rings. The molecule has 3 rings (SSSR count). The van der Waals surface area contributed by atoms with Crippen molar-refractivity contribution in [2.24, 2.45) is 0 Å². The van der Waals surface area contributed by atoms with Crippen molar-refractivity contribution in [2.75, 3.05) is 0 Å². The molecule has 1 aromatic heterocycles. The molecule has 8 heteroatoms. The lowest BCUT2D eigenvalue weighted by molar-refractivity contribution is 0.0993. The first-order valence-electron chi connectivity index (χ1n) is 8.36. The first kappa shape index (κ1) is 20.2. The molecule has 0 aliphatic carbocycles. The number of benzene rings is 2. The first-order valence-corrected chi connectivity index (χ1v) is 9.62. The number of hydrogen-bond donors (Lipinski definition) is 0. The molecule has 0 saturated heterocycles. The van der Waals surface area contributed by atoms with E-state index in [9.17, 15) is 13.6 Å². The summed E-state index contributed by atoms with van der Waals surface area (Å²) in [7, 11) is 0. The van der Waals surface area contributed by atoms with Crippen molar-refractivity contribution in [2.45, 2.75) is 23.9 Å². The third kappa shape index (κ3) is 4.31. The lowest BCUT2D eigenvalue weighted by Crippen LogP contribution is -2.15. The monoisotopic (exact) mass is 419 g/mol. The molecule has 28 heavy (non-hydrogen) atoms. The van der Waals surface area contributed by atoms with E-state index in [2.05, 4.69) is 16.8 Å². The smallest absolute Gasteiger partial charge is 0.192 e. The second kappa shape index (κ2) is 8.67. The number of allylic oxidation sites excluding steroid dienone is 1. The highest BCUT2D eigenvalue weighted by Crippen LogP contribution is 2.29. The van der Waals surface area contributed by atoms with Gasteiger partial charge in [0.2, 0.25) is 0 Å². The highest BCUT2D eigenvalue weighted by atomic mass is 35.5. The van der Waals surface area contributed by atoms with E-state index in [0.717, 1.165) is 17.7 Å². The number of rotatable bonds is 7. The maximum atomic E-state index is 13.4. The van der Waals surface area contributed by atoms with E-state index < -0.39 is 16.9 Å². The molecule has 0 saturated carbocycles. The van der Waals surface area contributed by atoms with Crippen LogP contribution in [0.1, 0.15) is 17.3 Å². The second-order valence-corrected chi connectivity index (χ2v) is 7.71. The number of carbonyl (C=O) groups is 1. The van der Waals surface area contributed by atoms with Gasteiger partial charge < -0.3 is 0 Å². The Labute approximate surface area is 170 Å². The molecule has 0 amide bonds. The van der Waals surface area contributed by atoms with Crippen molar-refractivity contribution < 1.29 is 13.6 Å². The quantitative estimate of drug-likeness (QED) is 0.291. The van der Waals surface area contributed by atoms with Crippen LogP contribution in [0.5, 0.6) is 0 Å². The van der Waals surface area contributed by atoms with Crippen molar-refractivity contribution in [3.05, 3.63) is 77.3 Å². The van der Waals surface area contributed by atoms with Gasteiger partial charge in [-0.15, -0.1) is 16.8 Å². The van der Waals surface area contributed by atoms with Crippen molar-refractivity contribution in [1.82, 2.24) is 14.8 Å². The molecule has 0 spiro atoms. The average Bonchev–Trinajstić information content (AvgIpc) is 3.06. The normalized spacial score (nSPS) is 12.0. The van der Waals surface area contributed by atoms with Crippen LogP contribution < -0.4 is 0 Å². The largest absolute Gasteiger partial charge is 0.298 e. The Bertz CT molecular complexity index is 1020. The van der Waals surface area contributed by atoms with Crippen molar-refractivity contribution in [3.8, 4) is 11.4 Å². The van der Waals surface area contributed by atoms with Gasteiger partial charge in [0.05, 0.1) is 5.25 Å². The molecule has 0 N–H and O–H groups in total. The summed E-state index contributed by atoms with van der Waals surface area (Å²) >= 11 is 7.13. The van der Waals surface area contributed by atoms with Gasteiger partial charge in [0, 0.05) is 22.7 Å². The summed E-state index contributed by atoms with van der Waals surface area (Å²) in [6.07, 6.45) is 1.70. The van der Waals surface area contributed by atoms with E-state index in [1.54, 1.807) is 25.1 Å². The standard InChI is InChI=1S/C20H16ClF2N3OS/c1-3-10-26-19(13-4-7-15(21)8-5-13)24-25-20(26)28-12(2)18(27)14-6-9-16(22)17(23)11-14/h3-9,11-12H,1,10H2,2H3. The maximum absolute atomic E-state index is 13.4. The Morgan fingerprint density at radius 3 is 2.57 bits per heavy atom. The van der Waals surface area contributed by atoms with Gasteiger partial charge in [0.1, 0.15) is 0 Å². The zero-order valence-corrected chi connectivity index (χ0v) is 16.5. The summed E-state index contributed by atoms with van der Waals surface area (Å²) in [6, 6.07) is 10.3. The molecule has 2 aromatic carbocycles. The van der Waals surface area contributed by atoms with Crippen molar-refractivity contribution in [1.29, 1.82) is 0 Å². The molecule has 1 atom stereocenters. The van der Waals surface area contributed by atoms with Crippen LogP contribution >= 0.6 is 23.4 Å². The van der Waals surface area contributed by atoms with Crippen LogP contribution in [0, 0.1) is 11.6 Å². The minimum absolute atomic E-state index is 0.103. The van der Waals surface area contributed by atoms with Crippen LogP contribution in [-0.4, -0.2) is 25.8 Å². The Morgan fingerprint density at radius 2 is 1.93 bits per heavy atom. The van der Waals surface area contributed by atoms with Crippen LogP contribution in [0.15, 0.2) is 60.3 Å². The van der Waals surface area contributed by atoms with E-state index >= 15 is 0 Å². The van der Waals surface area contributed by atoms with Crippen LogP contribution in [0.2, 0.25) is 5.02 Å². The fourth-order valence-corrected chi connectivity index (χ4v) is 3.64. The summed E-state index contributed by atoms with van der Waals surface area (Å²) in [4.78, 5) is 12.6. The number of ketones is 1. The van der Waals surface area contributed by atoms with Gasteiger partial charge >= 0.3 is 0 Å². The number of halogens is 3. The zero-order chi connectivity index (χ0) is 20.3. The zero-order valence-electron chi connectivity index (χ0n) is 14.9. The van der Waals surface area contributed by atoms with Gasteiger partial charge in [0.15, 0.2) is 28.4 Å². The molecule has 0 bridgehead atoms. The fourth-order valence-electron chi connectivity index (χ4n) is 2.58. The summed E-state index contributed by atoms with van der Waals surface area (Å²) in [5.41, 5.74) is 0.928. The molecule has 0 aliphatic heterocycles. The molecule has 1 heterocycles. The van der Waals surface area contributed by atoms with Gasteiger partial charge in [-0.2, -0.15) is 0 Å². The van der Waals surface area contributed by atoms with E-state index in [1.807, 2.05) is 16.7 Å². The molecular weight excluding hydrogens is 404 g/mol. The summed E-state index contributed by atoms with van der Waals surface area (Å²) in [5, 5.41) is 8.97. The molecule has 0 aliphatic rings. The highest BCUT2D eigenvalue weighted by Gasteiger charge is 2.22. The molecule has 1 unspecified atom stereocenters. The molecule has 4 nitrogen and oxygen atoms in total. The summed E-state index contributed by atoms with van der Waals surface area (Å²) in [6.45, 7) is 5.88. The molecular formula is C20H16ClF2N3OS. The minimum Gasteiger partial charge on any atom is -0.298 e. The number of hydrogen-bond acceptors (Lipinski definition) is 4. The van der Waals surface area contributed by atoms with Gasteiger partial charge in [-0.3, -0.25) is 9.36 Å². The number of carbonyl (C=O) groups excluding carboxylic acids is 1. The number of thioether (sulfide) groups is 1. The third-order valence-corrected chi connectivity index (χ3v) is 5.32. The van der Waals surface area contributed by atoms with E-state index in [0.29, 0.717) is 22.5 Å². The van der Waals surface area contributed by atoms with Crippen molar-refractivity contribution in [3.63, 3.8) is 0 Å². The average molecular weight is 420 g/mol. The van der Waals surface area contributed by atoms with E-state index in [1.165, 1.54) is 17.8 Å². The predicted molar refractivity (Wildman–Crippen MR) is 107 cm³/mol. The fraction of sp³-hybridized carbons (Fsp3) is 0.150. The van der Waals surface area contributed by atoms with Gasteiger partial charge in [-0.1, -0.05) is 29.4 Å². The first-order chi connectivity index (χ1) is 13.4. The topological polar surface area (TPSA) is 47.8 Å². The number of Topliss-reactive ketones (excluding diaryl/α,β-unsaturated/α-hetero) is 1. The molecule has 3 aromatic rings. The van der Waals surface area contributed by atoms with Crippen LogP contribution in [-0.2, 0) is 6.54 Å². The lowest BCUT2D eigenvalue weighted by Gasteiger charge is -2.12. The summed E-state index contributed by atoms with van der Waals surface area (Å²) in [5.74, 6) is -1.75. The Hall–Kier alpha value is -2.51. The van der Waals surface area contributed by atoms with Crippen LogP contribution in [0.4, 0.5) is 8.78 Å². The number of aromatic nitrogens is 3. The molecule has 0 radical (unpaired) electrons. The third-order valence-electron chi connectivity index (χ3n) is 3.99. The molecule has 144 valence electrons. The van der Waals surface area contributed by atoms with Crippen molar-refractivity contribution >= 4 is 29.1 Å². The highest BCUT2D eigenvalue weighted by molar-refractivity contribution is 8.00. The minimum atomic E-state index is -1.05. The Kier molecular flexibility index (Phi) is 6.26. The van der Waals surface area contributed by atoms with Gasteiger partial charge in [0.25, 0.3) is 0 Å². The van der Waals surface area contributed by atoms with Gasteiger partial charge in [-0.25, -0.2) is 8.78 Å². The lowest BCUT2D eigenvalue weighted by atomic mass is 10.1. The SMILES string of the molecule is C=CCn1c(SC(C)C(=O)c2ccc(F)c(F)c2)nnc1-c1ccc(Cl)cc1.